The van der Waals surface area contributed by atoms with Crippen molar-refractivity contribution in [3.63, 3.8) is 0 Å². The number of hydrogen-bond donors (Lipinski definition) is 3. The van der Waals surface area contributed by atoms with E-state index in [9.17, 15) is 19.5 Å². The third-order valence-corrected chi connectivity index (χ3v) is 5.33. The van der Waals surface area contributed by atoms with Gasteiger partial charge in [0.1, 0.15) is 0 Å². The molecule has 0 bridgehead atoms. The van der Waals surface area contributed by atoms with Crippen LogP contribution in [0.15, 0.2) is 54.6 Å². The molecule has 2 aromatic carbocycles. The van der Waals surface area contributed by atoms with Crippen LogP contribution in [-0.4, -0.2) is 29.4 Å². The van der Waals surface area contributed by atoms with Gasteiger partial charge in [-0.15, -0.1) is 0 Å². The molecular formula is C22H24N2O4. The second-order valence-electron chi connectivity index (χ2n) is 7.67. The van der Waals surface area contributed by atoms with Crippen LogP contribution in [0.1, 0.15) is 29.8 Å². The molecule has 0 aromatic heterocycles. The molecule has 0 saturated heterocycles. The molecule has 0 radical (unpaired) electrons. The van der Waals surface area contributed by atoms with Crippen molar-refractivity contribution < 1.29 is 19.5 Å². The van der Waals surface area contributed by atoms with E-state index in [1.165, 1.54) is 0 Å². The lowest BCUT2D eigenvalue weighted by atomic mass is 10.1. The van der Waals surface area contributed by atoms with Gasteiger partial charge in [-0.1, -0.05) is 44.2 Å². The predicted octanol–water partition coefficient (Wildman–Crippen LogP) is 2.95. The Bertz CT molecular complexity index is 875. The summed E-state index contributed by atoms with van der Waals surface area (Å²) in [7, 11) is 0. The zero-order chi connectivity index (χ0) is 20.3. The van der Waals surface area contributed by atoms with Crippen molar-refractivity contribution in [3.8, 4) is 0 Å². The van der Waals surface area contributed by atoms with Crippen molar-refractivity contribution in [2.45, 2.75) is 20.3 Å². The lowest BCUT2D eigenvalue weighted by Gasteiger charge is -2.08. The van der Waals surface area contributed by atoms with Gasteiger partial charge in [0, 0.05) is 17.8 Å². The lowest BCUT2D eigenvalue weighted by Crippen LogP contribution is -2.25. The fourth-order valence-corrected chi connectivity index (χ4v) is 3.58. The second kappa shape index (κ2) is 7.84. The fraction of sp³-hybridized carbons (Fsp3) is 0.318. The number of carboxylic acids is 1. The van der Waals surface area contributed by atoms with Crippen LogP contribution in [0.4, 0.5) is 5.69 Å². The molecule has 2 aromatic rings. The zero-order valence-electron chi connectivity index (χ0n) is 15.9. The molecular weight excluding hydrogens is 356 g/mol. The predicted molar refractivity (Wildman–Crippen MR) is 106 cm³/mol. The van der Waals surface area contributed by atoms with Crippen LogP contribution in [0.25, 0.3) is 0 Å². The number of carbonyl (C=O) groups is 3. The number of aliphatic carboxylic acids is 1. The molecule has 0 aliphatic heterocycles. The molecule has 146 valence electrons. The highest BCUT2D eigenvalue weighted by atomic mass is 16.4. The van der Waals surface area contributed by atoms with Crippen molar-refractivity contribution >= 4 is 23.5 Å². The van der Waals surface area contributed by atoms with Gasteiger partial charge < -0.3 is 15.7 Å². The van der Waals surface area contributed by atoms with E-state index < -0.39 is 23.2 Å². The molecule has 1 aliphatic carbocycles. The highest BCUT2D eigenvalue weighted by molar-refractivity contribution is 6.00. The third kappa shape index (κ3) is 4.22. The normalized spacial score (nSPS) is 19.5. The Balaban J connectivity index is 1.51. The highest BCUT2D eigenvalue weighted by Gasteiger charge is 2.65. The van der Waals surface area contributed by atoms with E-state index in [1.807, 2.05) is 30.3 Å². The number of benzene rings is 2. The van der Waals surface area contributed by atoms with E-state index in [0.717, 1.165) is 12.0 Å². The van der Waals surface area contributed by atoms with E-state index in [-0.39, 0.29) is 11.8 Å². The monoisotopic (exact) mass is 380 g/mol. The first-order chi connectivity index (χ1) is 13.3. The number of hydrogen-bond acceptors (Lipinski definition) is 3. The molecule has 2 unspecified atom stereocenters. The average molecular weight is 380 g/mol. The molecule has 0 spiro atoms. The molecule has 6 nitrogen and oxygen atoms in total. The van der Waals surface area contributed by atoms with Crippen LogP contribution in [0, 0.1) is 17.3 Å². The fourth-order valence-electron chi connectivity index (χ4n) is 3.58. The molecule has 0 heterocycles. The minimum Gasteiger partial charge on any atom is -0.481 e. The van der Waals surface area contributed by atoms with Gasteiger partial charge >= 0.3 is 5.97 Å². The van der Waals surface area contributed by atoms with Crippen LogP contribution < -0.4 is 10.6 Å². The van der Waals surface area contributed by atoms with E-state index in [4.69, 9.17) is 0 Å². The van der Waals surface area contributed by atoms with Crippen LogP contribution in [0.3, 0.4) is 0 Å². The van der Waals surface area contributed by atoms with E-state index >= 15 is 0 Å². The number of amides is 2. The van der Waals surface area contributed by atoms with Gasteiger partial charge in [-0.3, -0.25) is 14.4 Å². The first-order valence-corrected chi connectivity index (χ1v) is 9.26. The molecule has 1 fully saturated rings. The van der Waals surface area contributed by atoms with E-state index in [0.29, 0.717) is 17.8 Å². The standard InChI is InChI=1S/C22H24N2O4/c1-22(2)17(18(22)21(27)28)20(26)24-16-10-8-15(9-11-16)19(25)23-13-12-14-6-4-3-5-7-14/h3-11,17-18H,12-13H2,1-2H3,(H,23,25)(H,24,26)(H,27,28). The van der Waals surface area contributed by atoms with Crippen LogP contribution in [-0.2, 0) is 16.0 Å². The Kier molecular flexibility index (Phi) is 5.49. The summed E-state index contributed by atoms with van der Waals surface area (Å²) < 4.78 is 0. The van der Waals surface area contributed by atoms with Crippen molar-refractivity contribution in [2.75, 3.05) is 11.9 Å². The highest BCUT2D eigenvalue weighted by Crippen LogP contribution is 2.58. The van der Waals surface area contributed by atoms with Crippen molar-refractivity contribution in [1.29, 1.82) is 0 Å². The maximum absolute atomic E-state index is 12.3. The van der Waals surface area contributed by atoms with Crippen LogP contribution in [0.2, 0.25) is 0 Å². The van der Waals surface area contributed by atoms with E-state index in [1.54, 1.807) is 38.1 Å². The van der Waals surface area contributed by atoms with Gasteiger partial charge in [0.25, 0.3) is 5.91 Å². The summed E-state index contributed by atoms with van der Waals surface area (Å²) in [6, 6.07) is 16.5. The summed E-state index contributed by atoms with van der Waals surface area (Å²) in [5.74, 6) is -2.65. The van der Waals surface area contributed by atoms with Crippen molar-refractivity contribution in [2.24, 2.45) is 17.3 Å². The molecule has 1 aliphatic rings. The van der Waals surface area contributed by atoms with Crippen LogP contribution in [0.5, 0.6) is 0 Å². The Hall–Kier alpha value is -3.15. The van der Waals surface area contributed by atoms with Gasteiger partial charge in [0.2, 0.25) is 5.91 Å². The topological polar surface area (TPSA) is 95.5 Å². The maximum Gasteiger partial charge on any atom is 0.307 e. The minimum atomic E-state index is -0.951. The van der Waals surface area contributed by atoms with Gasteiger partial charge in [-0.2, -0.15) is 0 Å². The molecule has 2 atom stereocenters. The molecule has 3 rings (SSSR count). The Morgan fingerprint density at radius 3 is 2.18 bits per heavy atom. The molecule has 2 amide bonds. The summed E-state index contributed by atoms with van der Waals surface area (Å²) in [6.45, 7) is 4.09. The second-order valence-corrected chi connectivity index (χ2v) is 7.67. The van der Waals surface area contributed by atoms with Gasteiger partial charge in [-0.25, -0.2) is 0 Å². The first-order valence-electron chi connectivity index (χ1n) is 9.26. The SMILES string of the molecule is CC1(C)C(C(=O)O)C1C(=O)Nc1ccc(C(=O)NCCc2ccccc2)cc1. The third-order valence-electron chi connectivity index (χ3n) is 5.33. The summed E-state index contributed by atoms with van der Waals surface area (Å²) in [5, 5.41) is 14.8. The van der Waals surface area contributed by atoms with Gasteiger partial charge in [-0.05, 0) is 41.7 Å². The van der Waals surface area contributed by atoms with Gasteiger partial charge in [0.15, 0.2) is 0 Å². The number of nitrogens with one attached hydrogen (secondary N) is 2. The number of carbonyl (C=O) groups excluding carboxylic acids is 2. The largest absolute Gasteiger partial charge is 0.481 e. The minimum absolute atomic E-state index is 0.178. The Morgan fingerprint density at radius 2 is 1.61 bits per heavy atom. The number of carboxylic acid groups (broad SMARTS) is 1. The summed E-state index contributed by atoms with van der Waals surface area (Å²) in [5.41, 5.74) is 1.65. The smallest absolute Gasteiger partial charge is 0.307 e. The quantitative estimate of drug-likeness (QED) is 0.688. The zero-order valence-corrected chi connectivity index (χ0v) is 15.9. The molecule has 1 saturated carbocycles. The molecule has 3 N–H and O–H groups in total. The van der Waals surface area contributed by atoms with E-state index in [2.05, 4.69) is 10.6 Å². The lowest BCUT2D eigenvalue weighted by molar-refractivity contribution is -0.140. The Morgan fingerprint density at radius 1 is 0.964 bits per heavy atom. The summed E-state index contributed by atoms with van der Waals surface area (Å²) in [4.78, 5) is 35.8. The number of rotatable bonds is 7. The van der Waals surface area contributed by atoms with Crippen molar-refractivity contribution in [3.05, 3.63) is 65.7 Å². The first kappa shape index (κ1) is 19.6. The van der Waals surface area contributed by atoms with Crippen LogP contribution >= 0.6 is 0 Å². The number of anilines is 1. The summed E-state index contributed by atoms with van der Waals surface area (Å²) in [6.07, 6.45) is 0.753. The maximum atomic E-state index is 12.3. The molecule has 6 heteroatoms. The molecule has 28 heavy (non-hydrogen) atoms. The van der Waals surface area contributed by atoms with Crippen molar-refractivity contribution in [1.82, 2.24) is 5.32 Å². The average Bonchev–Trinajstić information content (AvgIpc) is 3.26. The summed E-state index contributed by atoms with van der Waals surface area (Å²) >= 11 is 0. The van der Waals surface area contributed by atoms with Gasteiger partial charge in [0.05, 0.1) is 11.8 Å². The Labute approximate surface area is 164 Å².